The third kappa shape index (κ3) is 3.21. The van der Waals surface area contributed by atoms with Gasteiger partial charge in [0, 0.05) is 24.8 Å². The first kappa shape index (κ1) is 15.4. The maximum absolute atomic E-state index is 12.3. The summed E-state index contributed by atoms with van der Waals surface area (Å²) >= 11 is 0. The molecule has 0 fully saturated rings. The van der Waals surface area contributed by atoms with Crippen LogP contribution in [0.15, 0.2) is 18.2 Å². The zero-order valence-corrected chi connectivity index (χ0v) is 11.2. The average molecular weight is 277 g/mol. The van der Waals surface area contributed by atoms with Gasteiger partial charge in [0.1, 0.15) is 5.56 Å². The van der Waals surface area contributed by atoms with Gasteiger partial charge in [-0.1, -0.05) is 0 Å². The topological polar surface area (TPSA) is 125 Å². The molecular formula is C12H15N5O3. The lowest BCUT2D eigenvalue weighted by Gasteiger charge is -2.23. The van der Waals surface area contributed by atoms with Gasteiger partial charge in [0.2, 0.25) is 0 Å². The van der Waals surface area contributed by atoms with E-state index >= 15 is 0 Å². The van der Waals surface area contributed by atoms with Gasteiger partial charge < -0.3 is 10.3 Å². The van der Waals surface area contributed by atoms with Gasteiger partial charge in [-0.2, -0.15) is 5.26 Å². The molecule has 0 spiro atoms. The zero-order valence-electron chi connectivity index (χ0n) is 11.2. The summed E-state index contributed by atoms with van der Waals surface area (Å²) in [5, 5.41) is 19.6. The number of nitriles is 1. The summed E-state index contributed by atoms with van der Waals surface area (Å²) in [6.07, 6.45) is 0.144. The van der Waals surface area contributed by atoms with Crippen molar-refractivity contribution >= 4 is 17.3 Å². The Labute approximate surface area is 115 Å². The van der Waals surface area contributed by atoms with Crippen molar-refractivity contribution in [2.45, 2.75) is 19.4 Å². The lowest BCUT2D eigenvalue weighted by atomic mass is 10.1. The maximum Gasteiger partial charge on any atom is 0.282 e. The third-order valence-corrected chi connectivity index (χ3v) is 2.96. The molecule has 0 radical (unpaired) electrons. The van der Waals surface area contributed by atoms with E-state index in [-0.39, 0.29) is 23.7 Å². The van der Waals surface area contributed by atoms with Crippen molar-refractivity contribution < 1.29 is 9.72 Å². The summed E-state index contributed by atoms with van der Waals surface area (Å²) in [6, 6.07) is 5.55. The molecule has 0 aliphatic heterocycles. The van der Waals surface area contributed by atoms with E-state index in [2.05, 4.69) is 5.43 Å². The molecule has 0 aliphatic rings. The number of nitro groups is 1. The predicted molar refractivity (Wildman–Crippen MR) is 72.7 cm³/mol. The SMILES string of the molecule is CC(CC#N)N(C)C(=O)c1cc(NN)ccc1[N+](=O)[O-]. The number of carbonyl (C=O) groups excluding carboxylic acids is 1. The number of nitrogens with one attached hydrogen (secondary N) is 1. The van der Waals surface area contributed by atoms with Crippen LogP contribution >= 0.6 is 0 Å². The average Bonchev–Trinajstić information content (AvgIpc) is 2.45. The predicted octanol–water partition coefficient (Wildman–Crippen LogP) is 1.25. The number of nitrogens with two attached hydrogens (primary N) is 1. The molecule has 106 valence electrons. The van der Waals surface area contributed by atoms with Crippen LogP contribution in [-0.2, 0) is 0 Å². The Kier molecular flexibility index (Phi) is 5.00. The molecule has 1 unspecified atom stereocenters. The van der Waals surface area contributed by atoms with Crippen molar-refractivity contribution in [2.75, 3.05) is 12.5 Å². The number of amides is 1. The molecule has 0 bridgehead atoms. The van der Waals surface area contributed by atoms with Crippen LogP contribution in [-0.4, -0.2) is 28.8 Å². The van der Waals surface area contributed by atoms with Crippen LogP contribution in [0.3, 0.4) is 0 Å². The second-order valence-corrected chi connectivity index (χ2v) is 4.26. The van der Waals surface area contributed by atoms with Crippen molar-refractivity contribution in [1.82, 2.24) is 4.90 Å². The number of nitrogens with zero attached hydrogens (tertiary/aromatic N) is 3. The minimum Gasteiger partial charge on any atom is -0.338 e. The second kappa shape index (κ2) is 6.49. The summed E-state index contributed by atoms with van der Waals surface area (Å²) in [7, 11) is 1.50. The summed E-state index contributed by atoms with van der Waals surface area (Å²) in [4.78, 5) is 23.9. The van der Waals surface area contributed by atoms with E-state index in [1.165, 1.54) is 30.1 Å². The van der Waals surface area contributed by atoms with Gasteiger partial charge in [0.15, 0.2) is 0 Å². The van der Waals surface area contributed by atoms with E-state index in [1.807, 2.05) is 6.07 Å². The Morgan fingerprint density at radius 3 is 2.80 bits per heavy atom. The summed E-state index contributed by atoms with van der Waals surface area (Å²) in [5.74, 6) is 4.71. The molecule has 8 heteroatoms. The van der Waals surface area contributed by atoms with Gasteiger partial charge in [-0.3, -0.25) is 20.8 Å². The van der Waals surface area contributed by atoms with Crippen LogP contribution in [0.25, 0.3) is 0 Å². The number of hydrazine groups is 1. The Balaban J connectivity index is 3.19. The molecule has 0 saturated heterocycles. The third-order valence-electron chi connectivity index (χ3n) is 2.96. The van der Waals surface area contributed by atoms with Crippen LogP contribution in [0, 0.1) is 21.4 Å². The molecule has 1 aromatic rings. The number of benzene rings is 1. The normalized spacial score (nSPS) is 11.3. The highest BCUT2D eigenvalue weighted by Gasteiger charge is 2.25. The number of anilines is 1. The molecule has 1 amide bonds. The largest absolute Gasteiger partial charge is 0.338 e. The molecule has 0 saturated carbocycles. The highest BCUT2D eigenvalue weighted by Crippen LogP contribution is 2.24. The first-order valence-electron chi connectivity index (χ1n) is 5.81. The van der Waals surface area contributed by atoms with Crippen molar-refractivity contribution in [3.8, 4) is 6.07 Å². The fourth-order valence-corrected chi connectivity index (χ4v) is 1.62. The van der Waals surface area contributed by atoms with Gasteiger partial charge >= 0.3 is 0 Å². The van der Waals surface area contributed by atoms with Crippen molar-refractivity contribution in [3.63, 3.8) is 0 Å². The summed E-state index contributed by atoms with van der Waals surface area (Å²) in [6.45, 7) is 1.69. The number of nitro benzene ring substituents is 1. The molecule has 0 heterocycles. The van der Waals surface area contributed by atoms with E-state index in [4.69, 9.17) is 11.1 Å². The monoisotopic (exact) mass is 277 g/mol. The molecule has 8 nitrogen and oxygen atoms in total. The second-order valence-electron chi connectivity index (χ2n) is 4.26. The molecule has 1 rings (SSSR count). The standard InChI is InChI=1S/C12H15N5O3/c1-8(5-6-13)16(2)12(18)10-7-9(15-14)3-4-11(10)17(19)20/h3-4,7-8,15H,5,14H2,1-2H3. The van der Waals surface area contributed by atoms with Gasteiger partial charge in [0.05, 0.1) is 17.4 Å². The molecule has 3 N–H and O–H groups in total. The van der Waals surface area contributed by atoms with E-state index in [0.29, 0.717) is 5.69 Å². The Morgan fingerprint density at radius 2 is 2.30 bits per heavy atom. The number of rotatable bonds is 5. The fourth-order valence-electron chi connectivity index (χ4n) is 1.62. The molecular weight excluding hydrogens is 262 g/mol. The molecule has 0 aliphatic carbocycles. The van der Waals surface area contributed by atoms with Gasteiger partial charge in [0.25, 0.3) is 11.6 Å². The van der Waals surface area contributed by atoms with E-state index in [0.717, 1.165) is 0 Å². The van der Waals surface area contributed by atoms with Gasteiger partial charge in [-0.15, -0.1) is 0 Å². The minimum atomic E-state index is -0.629. The van der Waals surface area contributed by atoms with Crippen LogP contribution in [0.4, 0.5) is 11.4 Å². The molecule has 1 aromatic carbocycles. The van der Waals surface area contributed by atoms with Gasteiger partial charge in [-0.25, -0.2) is 0 Å². The Morgan fingerprint density at radius 1 is 1.65 bits per heavy atom. The molecule has 20 heavy (non-hydrogen) atoms. The molecule has 1 atom stereocenters. The lowest BCUT2D eigenvalue weighted by Crippen LogP contribution is -2.35. The van der Waals surface area contributed by atoms with Crippen molar-refractivity contribution in [2.24, 2.45) is 5.84 Å². The Hall–Kier alpha value is -2.66. The first-order valence-corrected chi connectivity index (χ1v) is 5.81. The smallest absolute Gasteiger partial charge is 0.282 e. The number of nitrogen functional groups attached to an aromatic ring is 1. The Bertz CT molecular complexity index is 567. The fraction of sp³-hybridized carbons (Fsp3) is 0.333. The quantitative estimate of drug-likeness (QED) is 0.474. The van der Waals surface area contributed by atoms with Crippen LogP contribution in [0.1, 0.15) is 23.7 Å². The molecule has 0 aromatic heterocycles. The van der Waals surface area contributed by atoms with Crippen LogP contribution < -0.4 is 11.3 Å². The highest BCUT2D eigenvalue weighted by atomic mass is 16.6. The number of hydrogen-bond acceptors (Lipinski definition) is 6. The van der Waals surface area contributed by atoms with E-state index in [1.54, 1.807) is 6.92 Å². The zero-order chi connectivity index (χ0) is 15.3. The maximum atomic E-state index is 12.3. The first-order chi connectivity index (χ1) is 9.42. The van der Waals surface area contributed by atoms with Crippen LogP contribution in [0.2, 0.25) is 0 Å². The van der Waals surface area contributed by atoms with E-state index in [9.17, 15) is 14.9 Å². The van der Waals surface area contributed by atoms with Crippen molar-refractivity contribution in [3.05, 3.63) is 33.9 Å². The summed E-state index contributed by atoms with van der Waals surface area (Å²) < 4.78 is 0. The van der Waals surface area contributed by atoms with Crippen LogP contribution in [0.5, 0.6) is 0 Å². The van der Waals surface area contributed by atoms with Gasteiger partial charge in [-0.05, 0) is 19.1 Å². The van der Waals surface area contributed by atoms with E-state index < -0.39 is 10.8 Å². The number of hydrogen-bond donors (Lipinski definition) is 2. The number of carbonyl (C=O) groups is 1. The van der Waals surface area contributed by atoms with Crippen molar-refractivity contribution in [1.29, 1.82) is 5.26 Å². The lowest BCUT2D eigenvalue weighted by molar-refractivity contribution is -0.385. The minimum absolute atomic E-state index is 0.0715. The highest BCUT2D eigenvalue weighted by molar-refractivity contribution is 5.99. The summed E-state index contributed by atoms with van der Waals surface area (Å²) in [5.41, 5.74) is 2.35.